The van der Waals surface area contributed by atoms with Gasteiger partial charge in [0, 0.05) is 5.69 Å². The maximum Gasteiger partial charge on any atom is 0.387 e. The number of ether oxygens (including phenoxy) is 1. The molecular weight excluding hydrogens is 328 g/mol. The van der Waals surface area contributed by atoms with Gasteiger partial charge in [0.05, 0.1) is 23.1 Å². The van der Waals surface area contributed by atoms with Gasteiger partial charge in [-0.25, -0.2) is 4.68 Å². The van der Waals surface area contributed by atoms with E-state index in [1.165, 1.54) is 30.5 Å². The Morgan fingerprint density at radius 3 is 2.44 bits per heavy atom. The van der Waals surface area contributed by atoms with Crippen molar-refractivity contribution < 1.29 is 18.3 Å². The van der Waals surface area contributed by atoms with E-state index >= 15 is 0 Å². The first-order valence-electron chi connectivity index (χ1n) is 7.51. The van der Waals surface area contributed by atoms with Crippen LogP contribution in [0.4, 0.5) is 14.5 Å². The van der Waals surface area contributed by atoms with Gasteiger partial charge in [0.25, 0.3) is 5.91 Å². The first kappa shape index (κ1) is 16.6. The number of halogens is 2. The molecule has 0 aliphatic carbocycles. The molecule has 1 N–H and O–H groups in total. The Balaban J connectivity index is 1.75. The third-order valence-electron chi connectivity index (χ3n) is 3.59. The number of benzene rings is 2. The molecule has 0 saturated carbocycles. The topological polar surface area (TPSA) is 56.1 Å². The van der Waals surface area contributed by atoms with Gasteiger partial charge >= 0.3 is 6.61 Å². The zero-order chi connectivity index (χ0) is 17.8. The normalized spacial score (nSPS) is 10.7. The molecular formula is C18H15F2N3O2. The molecule has 1 heterocycles. The van der Waals surface area contributed by atoms with Gasteiger partial charge in [-0.2, -0.15) is 13.9 Å². The van der Waals surface area contributed by atoms with Crippen LogP contribution in [0.25, 0.3) is 5.69 Å². The molecule has 25 heavy (non-hydrogen) atoms. The highest BCUT2D eigenvalue weighted by molar-refractivity contribution is 6.05. The molecule has 3 aromatic rings. The number of para-hydroxylation sites is 1. The van der Waals surface area contributed by atoms with E-state index in [0.29, 0.717) is 16.9 Å². The number of carbonyl (C=O) groups excluding carboxylic acids is 1. The highest BCUT2D eigenvalue weighted by atomic mass is 19.3. The van der Waals surface area contributed by atoms with Gasteiger partial charge in [-0.3, -0.25) is 4.79 Å². The van der Waals surface area contributed by atoms with E-state index in [-0.39, 0.29) is 11.7 Å². The largest absolute Gasteiger partial charge is 0.435 e. The number of hydrogen-bond donors (Lipinski definition) is 1. The number of amides is 1. The van der Waals surface area contributed by atoms with Gasteiger partial charge in [-0.15, -0.1) is 0 Å². The molecule has 0 unspecified atom stereocenters. The van der Waals surface area contributed by atoms with Crippen LogP contribution < -0.4 is 10.1 Å². The molecule has 5 nitrogen and oxygen atoms in total. The minimum atomic E-state index is -2.88. The summed E-state index contributed by atoms with van der Waals surface area (Å²) in [6, 6.07) is 15.2. The summed E-state index contributed by atoms with van der Waals surface area (Å²) in [5.41, 5.74) is 2.45. The van der Waals surface area contributed by atoms with Crippen LogP contribution in [0.3, 0.4) is 0 Å². The number of nitrogens with zero attached hydrogens (tertiary/aromatic N) is 2. The smallest absolute Gasteiger partial charge is 0.387 e. The molecule has 0 fully saturated rings. The van der Waals surface area contributed by atoms with Crippen molar-refractivity contribution in [3.63, 3.8) is 0 Å². The van der Waals surface area contributed by atoms with Crippen LogP contribution >= 0.6 is 0 Å². The average Bonchev–Trinajstić information content (AvgIpc) is 2.98. The second-order valence-corrected chi connectivity index (χ2v) is 5.25. The second kappa shape index (κ2) is 7.12. The molecule has 0 saturated heterocycles. The fraction of sp³-hybridized carbons (Fsp3) is 0.111. The summed E-state index contributed by atoms with van der Waals surface area (Å²) in [4.78, 5) is 12.4. The van der Waals surface area contributed by atoms with Crippen molar-refractivity contribution in [2.45, 2.75) is 13.5 Å². The minimum absolute atomic E-state index is 0.0288. The van der Waals surface area contributed by atoms with Gasteiger partial charge in [-0.1, -0.05) is 18.2 Å². The third kappa shape index (κ3) is 3.82. The van der Waals surface area contributed by atoms with Crippen LogP contribution in [0.5, 0.6) is 5.75 Å². The number of rotatable bonds is 5. The lowest BCUT2D eigenvalue weighted by Gasteiger charge is -2.08. The molecule has 1 aromatic heterocycles. The Bertz CT molecular complexity index is 862. The van der Waals surface area contributed by atoms with Crippen LogP contribution in [-0.4, -0.2) is 22.3 Å². The van der Waals surface area contributed by atoms with E-state index in [2.05, 4.69) is 15.2 Å². The summed E-state index contributed by atoms with van der Waals surface area (Å²) in [5, 5.41) is 6.96. The predicted molar refractivity (Wildman–Crippen MR) is 89.3 cm³/mol. The Labute approximate surface area is 142 Å². The lowest BCUT2D eigenvalue weighted by Crippen LogP contribution is -2.13. The van der Waals surface area contributed by atoms with Crippen LogP contribution in [0, 0.1) is 6.92 Å². The average molecular weight is 343 g/mol. The lowest BCUT2D eigenvalue weighted by molar-refractivity contribution is -0.0498. The van der Waals surface area contributed by atoms with Crippen molar-refractivity contribution in [1.29, 1.82) is 0 Å². The Hall–Kier alpha value is -3.22. The molecule has 7 heteroatoms. The highest BCUT2D eigenvalue weighted by Crippen LogP contribution is 2.19. The third-order valence-corrected chi connectivity index (χ3v) is 3.59. The van der Waals surface area contributed by atoms with Crippen LogP contribution in [0.2, 0.25) is 0 Å². The summed E-state index contributed by atoms with van der Waals surface area (Å²) in [6.07, 6.45) is 1.49. The summed E-state index contributed by atoms with van der Waals surface area (Å²) >= 11 is 0. The fourth-order valence-corrected chi connectivity index (χ4v) is 2.38. The van der Waals surface area contributed by atoms with Crippen LogP contribution in [-0.2, 0) is 0 Å². The first-order valence-corrected chi connectivity index (χ1v) is 7.51. The summed E-state index contributed by atoms with van der Waals surface area (Å²) in [6.45, 7) is -1.08. The summed E-state index contributed by atoms with van der Waals surface area (Å²) < 4.78 is 30.2. The zero-order valence-electron chi connectivity index (χ0n) is 13.3. The minimum Gasteiger partial charge on any atom is -0.435 e. The SMILES string of the molecule is Cc1c(C(=O)Nc2ccc(OC(F)F)cc2)cnn1-c1ccccc1. The van der Waals surface area contributed by atoms with Crippen molar-refractivity contribution in [1.82, 2.24) is 9.78 Å². The van der Waals surface area contributed by atoms with Gasteiger partial charge in [0.1, 0.15) is 5.75 Å². The van der Waals surface area contributed by atoms with Gasteiger partial charge in [-0.05, 0) is 43.3 Å². The monoisotopic (exact) mass is 343 g/mol. The summed E-state index contributed by atoms with van der Waals surface area (Å²) in [5.74, 6) is -0.303. The number of nitrogens with one attached hydrogen (secondary N) is 1. The van der Waals surface area contributed by atoms with Crippen LogP contribution in [0.1, 0.15) is 16.1 Å². The molecule has 3 rings (SSSR count). The van der Waals surface area contributed by atoms with Crippen molar-refractivity contribution in [2.75, 3.05) is 5.32 Å². The highest BCUT2D eigenvalue weighted by Gasteiger charge is 2.15. The molecule has 0 atom stereocenters. The fourth-order valence-electron chi connectivity index (χ4n) is 2.38. The molecule has 0 radical (unpaired) electrons. The molecule has 0 aliphatic heterocycles. The van der Waals surface area contributed by atoms with Crippen molar-refractivity contribution >= 4 is 11.6 Å². The van der Waals surface area contributed by atoms with E-state index in [0.717, 1.165) is 5.69 Å². The Morgan fingerprint density at radius 2 is 1.80 bits per heavy atom. The quantitative estimate of drug-likeness (QED) is 0.761. The van der Waals surface area contributed by atoms with E-state index in [4.69, 9.17) is 0 Å². The van der Waals surface area contributed by atoms with Crippen molar-refractivity contribution in [3.05, 3.63) is 72.1 Å². The maximum absolute atomic E-state index is 12.4. The first-order chi connectivity index (χ1) is 12.0. The van der Waals surface area contributed by atoms with E-state index in [1.807, 2.05) is 30.3 Å². The lowest BCUT2D eigenvalue weighted by atomic mass is 10.2. The zero-order valence-corrected chi connectivity index (χ0v) is 13.3. The Morgan fingerprint density at radius 1 is 1.12 bits per heavy atom. The molecule has 0 aliphatic rings. The van der Waals surface area contributed by atoms with E-state index in [9.17, 15) is 13.6 Å². The Kier molecular flexibility index (Phi) is 4.74. The molecule has 1 amide bonds. The molecule has 2 aromatic carbocycles. The van der Waals surface area contributed by atoms with Gasteiger partial charge in [0.15, 0.2) is 0 Å². The van der Waals surface area contributed by atoms with E-state index in [1.54, 1.807) is 11.6 Å². The van der Waals surface area contributed by atoms with Gasteiger partial charge in [0.2, 0.25) is 0 Å². The van der Waals surface area contributed by atoms with E-state index < -0.39 is 6.61 Å². The van der Waals surface area contributed by atoms with Crippen LogP contribution in [0.15, 0.2) is 60.8 Å². The molecule has 0 bridgehead atoms. The maximum atomic E-state index is 12.4. The molecule has 128 valence electrons. The summed E-state index contributed by atoms with van der Waals surface area (Å²) in [7, 11) is 0. The number of aromatic nitrogens is 2. The van der Waals surface area contributed by atoms with Crippen molar-refractivity contribution in [3.8, 4) is 11.4 Å². The standard InChI is InChI=1S/C18H15F2N3O2/c1-12-16(11-21-23(12)14-5-3-2-4-6-14)17(24)22-13-7-9-15(10-8-13)25-18(19)20/h2-11,18H,1H3,(H,22,24). The number of alkyl halides is 2. The number of hydrogen-bond acceptors (Lipinski definition) is 3. The number of carbonyl (C=O) groups is 1. The van der Waals surface area contributed by atoms with Crippen molar-refractivity contribution in [2.24, 2.45) is 0 Å². The second-order valence-electron chi connectivity index (χ2n) is 5.25. The molecule has 0 spiro atoms. The predicted octanol–water partition coefficient (Wildman–Crippen LogP) is 4.03. The van der Waals surface area contributed by atoms with Gasteiger partial charge < -0.3 is 10.1 Å². The number of anilines is 1.